The average molecular weight is 366 g/mol. The van der Waals surface area contributed by atoms with Gasteiger partial charge in [-0.2, -0.15) is 0 Å². The van der Waals surface area contributed by atoms with Gasteiger partial charge in [-0.05, 0) is 45.8 Å². The molecule has 1 nitrogen and oxygen atoms in total. The fourth-order valence-electron chi connectivity index (χ4n) is 1.79. The summed E-state index contributed by atoms with van der Waals surface area (Å²) in [5.74, 6) is -2.14. The minimum absolute atomic E-state index is 0.109. The van der Waals surface area contributed by atoms with E-state index in [1.165, 1.54) is 18.2 Å². The lowest BCUT2D eigenvalue weighted by molar-refractivity contribution is 0.175. The lowest BCUT2D eigenvalue weighted by atomic mass is 10.0. The molecule has 2 rings (SSSR count). The van der Waals surface area contributed by atoms with Crippen LogP contribution >= 0.6 is 27.5 Å². The Kier molecular flexibility index (Phi) is 4.73. The van der Waals surface area contributed by atoms with E-state index in [9.17, 15) is 18.3 Å². The van der Waals surface area contributed by atoms with Gasteiger partial charge < -0.3 is 5.11 Å². The summed E-state index contributed by atoms with van der Waals surface area (Å²) in [4.78, 5) is 0. The molecule has 2 aromatic carbocycles. The molecule has 1 atom stereocenters. The lowest BCUT2D eigenvalue weighted by Crippen LogP contribution is -2.06. The molecule has 0 radical (unpaired) electrons. The van der Waals surface area contributed by atoms with Crippen LogP contribution in [0.1, 0.15) is 17.2 Å². The van der Waals surface area contributed by atoms with Gasteiger partial charge in [-0.3, -0.25) is 0 Å². The van der Waals surface area contributed by atoms with Crippen LogP contribution in [0.2, 0.25) is 5.02 Å². The molecule has 0 saturated carbocycles. The van der Waals surface area contributed by atoms with Crippen molar-refractivity contribution in [3.8, 4) is 0 Å². The van der Waals surface area contributed by atoms with Crippen LogP contribution < -0.4 is 0 Å². The second-order valence-corrected chi connectivity index (χ2v) is 5.48. The van der Waals surface area contributed by atoms with Crippen molar-refractivity contribution in [1.82, 2.24) is 0 Å². The van der Waals surface area contributed by atoms with Gasteiger partial charge in [0, 0.05) is 12.0 Å². The fraction of sp³-hybridized carbons (Fsp3) is 0.143. The lowest BCUT2D eigenvalue weighted by Gasteiger charge is -2.13. The minimum Gasteiger partial charge on any atom is -0.388 e. The number of aliphatic hydroxyl groups is 1. The van der Waals surface area contributed by atoms with Crippen LogP contribution in [-0.2, 0) is 6.42 Å². The molecule has 0 amide bonds. The van der Waals surface area contributed by atoms with Gasteiger partial charge in [-0.1, -0.05) is 17.7 Å². The normalized spacial score (nSPS) is 12.5. The molecule has 0 saturated heterocycles. The Labute approximate surface area is 127 Å². The van der Waals surface area contributed by atoms with Crippen molar-refractivity contribution in [2.45, 2.75) is 12.5 Å². The first-order valence-corrected chi connectivity index (χ1v) is 6.82. The molecule has 0 aliphatic heterocycles. The van der Waals surface area contributed by atoms with Crippen molar-refractivity contribution in [3.05, 3.63) is 68.4 Å². The number of hydrogen-bond donors (Lipinski definition) is 1. The molecule has 2 aromatic rings. The summed E-state index contributed by atoms with van der Waals surface area (Å²) in [6.45, 7) is 0. The highest BCUT2D eigenvalue weighted by molar-refractivity contribution is 9.10. The molecule has 1 unspecified atom stereocenters. The highest BCUT2D eigenvalue weighted by Gasteiger charge is 2.18. The first-order valence-electron chi connectivity index (χ1n) is 5.65. The SMILES string of the molecule is OC(Cc1c(F)ccc(Br)c1F)c1ccc(F)c(Cl)c1. The van der Waals surface area contributed by atoms with E-state index >= 15 is 0 Å². The van der Waals surface area contributed by atoms with Gasteiger partial charge in [0.1, 0.15) is 17.5 Å². The molecule has 0 aromatic heterocycles. The van der Waals surface area contributed by atoms with Crippen LogP contribution in [0.15, 0.2) is 34.8 Å². The molecule has 1 N–H and O–H groups in total. The molecule has 20 heavy (non-hydrogen) atoms. The van der Waals surface area contributed by atoms with Crippen molar-refractivity contribution >= 4 is 27.5 Å². The van der Waals surface area contributed by atoms with Gasteiger partial charge in [-0.25, -0.2) is 13.2 Å². The van der Waals surface area contributed by atoms with E-state index in [0.29, 0.717) is 0 Å². The van der Waals surface area contributed by atoms with Crippen molar-refractivity contribution in [1.29, 1.82) is 0 Å². The Morgan fingerprint density at radius 1 is 1.10 bits per heavy atom. The average Bonchev–Trinajstić information content (AvgIpc) is 2.42. The van der Waals surface area contributed by atoms with Gasteiger partial charge in [0.15, 0.2) is 0 Å². The molecule has 0 aliphatic carbocycles. The molecular formula is C14H9BrClF3O. The predicted molar refractivity (Wildman–Crippen MR) is 74.1 cm³/mol. The smallest absolute Gasteiger partial charge is 0.143 e. The third-order valence-corrected chi connectivity index (χ3v) is 3.77. The van der Waals surface area contributed by atoms with Crippen LogP contribution in [0.4, 0.5) is 13.2 Å². The zero-order valence-electron chi connectivity index (χ0n) is 10.0. The molecule has 0 aliphatic rings. The quantitative estimate of drug-likeness (QED) is 0.775. The Morgan fingerprint density at radius 2 is 1.75 bits per heavy atom. The molecule has 0 bridgehead atoms. The molecule has 0 heterocycles. The number of rotatable bonds is 3. The number of halogens is 5. The van der Waals surface area contributed by atoms with Gasteiger partial charge in [-0.15, -0.1) is 0 Å². The summed E-state index contributed by atoms with van der Waals surface area (Å²) in [5, 5.41) is 9.84. The molecule has 0 fully saturated rings. The van der Waals surface area contributed by atoms with Crippen molar-refractivity contribution in [2.75, 3.05) is 0 Å². The minimum atomic E-state index is -1.19. The van der Waals surface area contributed by atoms with Crippen LogP contribution in [-0.4, -0.2) is 5.11 Å². The number of benzene rings is 2. The summed E-state index contributed by atoms with van der Waals surface area (Å²) >= 11 is 8.56. The van der Waals surface area contributed by atoms with E-state index in [2.05, 4.69) is 15.9 Å². The van der Waals surface area contributed by atoms with E-state index in [1.54, 1.807) is 0 Å². The van der Waals surface area contributed by atoms with Crippen LogP contribution in [0, 0.1) is 17.5 Å². The number of hydrogen-bond acceptors (Lipinski definition) is 1. The van der Waals surface area contributed by atoms with Crippen molar-refractivity contribution in [3.63, 3.8) is 0 Å². The second kappa shape index (κ2) is 6.16. The monoisotopic (exact) mass is 364 g/mol. The second-order valence-electron chi connectivity index (χ2n) is 4.22. The number of aliphatic hydroxyl groups excluding tert-OH is 1. The van der Waals surface area contributed by atoms with Gasteiger partial charge in [0.25, 0.3) is 0 Å². The first-order chi connectivity index (χ1) is 9.40. The summed E-state index contributed by atoms with van der Waals surface area (Å²) in [5.41, 5.74) is 0.0440. The Balaban J connectivity index is 2.30. The highest BCUT2D eigenvalue weighted by Crippen LogP contribution is 2.28. The van der Waals surface area contributed by atoms with Crippen LogP contribution in [0.5, 0.6) is 0 Å². The topological polar surface area (TPSA) is 20.2 Å². The summed E-state index contributed by atoms with van der Waals surface area (Å²) in [7, 11) is 0. The predicted octanol–water partition coefficient (Wildman–Crippen LogP) is 4.80. The largest absolute Gasteiger partial charge is 0.388 e. The van der Waals surface area contributed by atoms with E-state index < -0.39 is 23.6 Å². The zero-order chi connectivity index (χ0) is 14.9. The maximum Gasteiger partial charge on any atom is 0.143 e. The maximum absolute atomic E-state index is 13.8. The van der Waals surface area contributed by atoms with E-state index in [-0.39, 0.29) is 27.0 Å². The first kappa shape index (κ1) is 15.4. The van der Waals surface area contributed by atoms with E-state index in [0.717, 1.165) is 12.1 Å². The maximum atomic E-state index is 13.8. The summed E-state index contributed by atoms with van der Waals surface area (Å²) in [6.07, 6.45) is -1.47. The fourth-order valence-corrected chi connectivity index (χ4v) is 2.35. The van der Waals surface area contributed by atoms with E-state index in [1.807, 2.05) is 0 Å². The Hall–Kier alpha value is -1.04. The Bertz CT molecular complexity index is 649. The third kappa shape index (κ3) is 3.16. The summed E-state index contributed by atoms with van der Waals surface area (Å²) < 4.78 is 40.5. The van der Waals surface area contributed by atoms with Crippen LogP contribution in [0.3, 0.4) is 0 Å². The molecule has 0 spiro atoms. The Morgan fingerprint density at radius 3 is 2.40 bits per heavy atom. The standard InChI is InChI=1S/C14H9BrClF3O/c15-9-2-4-11(17)8(14(9)19)6-13(20)7-1-3-12(18)10(16)5-7/h1-5,13,20H,6H2. The zero-order valence-corrected chi connectivity index (χ0v) is 12.4. The van der Waals surface area contributed by atoms with Crippen molar-refractivity contribution in [2.24, 2.45) is 0 Å². The van der Waals surface area contributed by atoms with E-state index in [4.69, 9.17) is 11.6 Å². The molecule has 6 heteroatoms. The van der Waals surface area contributed by atoms with Crippen molar-refractivity contribution < 1.29 is 18.3 Å². The summed E-state index contributed by atoms with van der Waals surface area (Å²) in [6, 6.07) is 5.99. The molecular weight excluding hydrogens is 357 g/mol. The van der Waals surface area contributed by atoms with Crippen LogP contribution in [0.25, 0.3) is 0 Å². The molecule has 106 valence electrons. The van der Waals surface area contributed by atoms with Gasteiger partial charge in [0.2, 0.25) is 0 Å². The third-order valence-electron chi connectivity index (χ3n) is 2.86. The van der Waals surface area contributed by atoms with Gasteiger partial charge in [0.05, 0.1) is 15.6 Å². The highest BCUT2D eigenvalue weighted by atomic mass is 79.9. The van der Waals surface area contributed by atoms with Gasteiger partial charge >= 0.3 is 0 Å².